The fourth-order valence-electron chi connectivity index (χ4n) is 2.37. The van der Waals surface area contributed by atoms with E-state index in [0.29, 0.717) is 29.6 Å². The zero-order valence-electron chi connectivity index (χ0n) is 15.3. The Hall–Kier alpha value is -2.00. The zero-order valence-corrected chi connectivity index (χ0v) is 18.4. The average Bonchev–Trinajstić information content (AvgIpc) is 2.65. The number of hydrogen-bond acceptors (Lipinski definition) is 3. The fraction of sp³-hybridized carbons (Fsp3) is 0.263. The van der Waals surface area contributed by atoms with Crippen molar-refractivity contribution < 1.29 is 9.53 Å². The monoisotopic (exact) mass is 502 g/mol. The Labute approximate surface area is 181 Å². The van der Waals surface area contributed by atoms with Crippen LogP contribution in [0.3, 0.4) is 0 Å². The molecule has 4 N–H and O–H groups in total. The van der Waals surface area contributed by atoms with Gasteiger partial charge in [0.1, 0.15) is 5.75 Å². The van der Waals surface area contributed by atoms with Crippen molar-refractivity contribution in [2.45, 2.75) is 13.0 Å². The number of methoxy groups -OCH3 is 1. The van der Waals surface area contributed by atoms with Crippen LogP contribution in [0.1, 0.15) is 21.5 Å². The number of halogens is 2. The number of nitrogens with two attached hydrogens (primary N) is 1. The van der Waals surface area contributed by atoms with Crippen molar-refractivity contribution in [3.63, 3.8) is 0 Å². The topological polar surface area (TPSA) is 88.7 Å². The minimum atomic E-state index is -0.431. The number of primary amides is 1. The van der Waals surface area contributed by atoms with Gasteiger partial charge in [-0.25, -0.2) is 0 Å². The largest absolute Gasteiger partial charge is 0.497 e. The molecule has 0 atom stereocenters. The summed E-state index contributed by atoms with van der Waals surface area (Å²) in [5, 5.41) is 7.16. The predicted octanol–water partition coefficient (Wildman–Crippen LogP) is 2.97. The Balaban J connectivity index is 0.00000364. The molecule has 0 unspecified atom stereocenters. The number of benzene rings is 2. The molecule has 6 nitrogen and oxygen atoms in total. The van der Waals surface area contributed by atoms with Crippen molar-refractivity contribution in [3.8, 4) is 5.75 Å². The number of carbonyl (C=O) groups is 1. The second kappa shape index (κ2) is 11.7. The number of nitrogens with one attached hydrogen (secondary N) is 2. The molecule has 0 radical (unpaired) electrons. The Morgan fingerprint density at radius 1 is 1.19 bits per heavy atom. The summed E-state index contributed by atoms with van der Waals surface area (Å²) in [7, 11) is 3.33. The van der Waals surface area contributed by atoms with Gasteiger partial charge in [-0.1, -0.05) is 29.8 Å². The lowest BCUT2D eigenvalue weighted by atomic mass is 10.1. The third kappa shape index (κ3) is 7.26. The lowest BCUT2D eigenvalue weighted by Crippen LogP contribution is -2.37. The van der Waals surface area contributed by atoms with Crippen LogP contribution in [0.5, 0.6) is 5.75 Å². The van der Waals surface area contributed by atoms with Crippen LogP contribution < -0.4 is 21.1 Å². The van der Waals surface area contributed by atoms with Crippen molar-refractivity contribution in [2.24, 2.45) is 10.7 Å². The van der Waals surface area contributed by atoms with E-state index in [2.05, 4.69) is 15.6 Å². The first-order valence-corrected chi connectivity index (χ1v) is 8.57. The Bertz CT molecular complexity index is 782. The molecule has 0 fully saturated rings. The van der Waals surface area contributed by atoms with Gasteiger partial charge in [0, 0.05) is 30.7 Å². The third-order valence-electron chi connectivity index (χ3n) is 3.87. The van der Waals surface area contributed by atoms with Gasteiger partial charge in [0.2, 0.25) is 5.91 Å². The summed E-state index contributed by atoms with van der Waals surface area (Å²) in [5.74, 6) is 0.999. The van der Waals surface area contributed by atoms with Gasteiger partial charge in [0.05, 0.1) is 7.11 Å². The van der Waals surface area contributed by atoms with Crippen LogP contribution in [0.4, 0.5) is 0 Å². The second-order valence-electron chi connectivity index (χ2n) is 5.62. The molecule has 1 amide bonds. The average molecular weight is 503 g/mol. The van der Waals surface area contributed by atoms with E-state index in [-0.39, 0.29) is 24.0 Å². The molecule has 0 heterocycles. The lowest BCUT2D eigenvalue weighted by molar-refractivity contribution is 0.100. The molecule has 0 aliphatic carbocycles. The maximum absolute atomic E-state index is 11.1. The fourth-order valence-corrected chi connectivity index (χ4v) is 2.63. The van der Waals surface area contributed by atoms with Crippen molar-refractivity contribution in [1.29, 1.82) is 0 Å². The van der Waals surface area contributed by atoms with Crippen molar-refractivity contribution in [2.75, 3.05) is 20.7 Å². The van der Waals surface area contributed by atoms with Gasteiger partial charge in [0.25, 0.3) is 0 Å². The number of amides is 1. The predicted molar refractivity (Wildman–Crippen MR) is 120 cm³/mol. The van der Waals surface area contributed by atoms with E-state index < -0.39 is 5.91 Å². The summed E-state index contributed by atoms with van der Waals surface area (Å²) in [5.41, 5.74) is 7.79. The van der Waals surface area contributed by atoms with E-state index in [1.54, 1.807) is 32.4 Å². The molecule has 8 heteroatoms. The Morgan fingerprint density at radius 3 is 2.44 bits per heavy atom. The van der Waals surface area contributed by atoms with E-state index >= 15 is 0 Å². The molecule has 0 aromatic heterocycles. The van der Waals surface area contributed by atoms with Crippen LogP contribution in [-0.2, 0) is 13.0 Å². The molecule has 0 aliphatic heterocycles. The van der Waals surface area contributed by atoms with E-state index in [1.165, 1.54) is 0 Å². The molecule has 2 aromatic rings. The van der Waals surface area contributed by atoms with Gasteiger partial charge in [-0.15, -0.1) is 24.0 Å². The number of ether oxygens (including phenoxy) is 1. The summed E-state index contributed by atoms with van der Waals surface area (Å²) in [4.78, 5) is 15.3. The highest BCUT2D eigenvalue weighted by atomic mass is 127. The molecule has 0 bridgehead atoms. The molecule has 2 aromatic carbocycles. The molecular formula is C19H24ClIN4O2. The maximum atomic E-state index is 11.1. The summed E-state index contributed by atoms with van der Waals surface area (Å²) < 4.78 is 5.15. The minimum absolute atomic E-state index is 0. The Morgan fingerprint density at radius 2 is 1.89 bits per heavy atom. The number of rotatable bonds is 7. The third-order valence-corrected chi connectivity index (χ3v) is 4.22. The van der Waals surface area contributed by atoms with Gasteiger partial charge in [0.15, 0.2) is 5.96 Å². The van der Waals surface area contributed by atoms with E-state index in [0.717, 1.165) is 23.3 Å². The summed E-state index contributed by atoms with van der Waals surface area (Å²) in [6.07, 6.45) is 0.761. The lowest BCUT2D eigenvalue weighted by Gasteiger charge is -2.13. The maximum Gasteiger partial charge on any atom is 0.248 e. The minimum Gasteiger partial charge on any atom is -0.497 e. The highest BCUT2D eigenvalue weighted by Crippen LogP contribution is 2.22. The van der Waals surface area contributed by atoms with Crippen LogP contribution in [0.25, 0.3) is 0 Å². The molecule has 0 saturated heterocycles. The van der Waals surface area contributed by atoms with E-state index in [1.807, 2.05) is 24.3 Å². The molecule has 0 saturated carbocycles. The van der Waals surface area contributed by atoms with E-state index in [9.17, 15) is 4.79 Å². The number of guanidine groups is 1. The van der Waals surface area contributed by atoms with Crippen LogP contribution in [0, 0.1) is 0 Å². The molecule has 146 valence electrons. The first-order chi connectivity index (χ1) is 12.5. The summed E-state index contributed by atoms with van der Waals surface area (Å²) in [6, 6.07) is 12.8. The molecule has 27 heavy (non-hydrogen) atoms. The standard InChI is InChI=1S/C19H23ClN4O2.HI/c1-22-19(24-12-13-3-5-15(6-4-13)18(21)25)23-10-9-14-7-8-16(26-2)11-17(14)20;/h3-8,11H,9-10,12H2,1-2H3,(H2,21,25)(H2,22,23,24);1H. The van der Waals surface area contributed by atoms with Gasteiger partial charge in [-0.3, -0.25) is 9.79 Å². The van der Waals surface area contributed by atoms with Crippen molar-refractivity contribution in [1.82, 2.24) is 10.6 Å². The second-order valence-corrected chi connectivity index (χ2v) is 6.03. The van der Waals surface area contributed by atoms with Crippen LogP contribution in [0.15, 0.2) is 47.5 Å². The first-order valence-electron chi connectivity index (χ1n) is 8.19. The quantitative estimate of drug-likeness (QED) is 0.309. The Kier molecular flexibility index (Phi) is 9.95. The SMILES string of the molecule is CN=C(NCCc1ccc(OC)cc1Cl)NCc1ccc(C(N)=O)cc1.I. The molecular weight excluding hydrogens is 479 g/mol. The number of aliphatic imine (C=N–C) groups is 1. The molecule has 2 rings (SSSR count). The zero-order chi connectivity index (χ0) is 18.9. The highest BCUT2D eigenvalue weighted by Gasteiger charge is 2.04. The van der Waals surface area contributed by atoms with Gasteiger partial charge >= 0.3 is 0 Å². The summed E-state index contributed by atoms with van der Waals surface area (Å²) in [6.45, 7) is 1.27. The number of nitrogens with zero attached hydrogens (tertiary/aromatic N) is 1. The highest BCUT2D eigenvalue weighted by molar-refractivity contribution is 14.0. The van der Waals surface area contributed by atoms with Gasteiger partial charge in [-0.05, 0) is 41.8 Å². The van der Waals surface area contributed by atoms with E-state index in [4.69, 9.17) is 22.1 Å². The smallest absolute Gasteiger partial charge is 0.248 e. The van der Waals surface area contributed by atoms with Gasteiger partial charge < -0.3 is 21.1 Å². The number of hydrogen-bond donors (Lipinski definition) is 3. The first kappa shape index (κ1) is 23.0. The van der Waals surface area contributed by atoms with Crippen molar-refractivity contribution >= 4 is 47.4 Å². The molecule has 0 spiro atoms. The van der Waals surface area contributed by atoms with Crippen LogP contribution in [-0.4, -0.2) is 32.6 Å². The number of carbonyl (C=O) groups excluding carboxylic acids is 1. The van der Waals surface area contributed by atoms with Crippen LogP contribution >= 0.6 is 35.6 Å². The summed E-state index contributed by atoms with van der Waals surface area (Å²) >= 11 is 6.25. The van der Waals surface area contributed by atoms with Crippen molar-refractivity contribution in [3.05, 3.63) is 64.2 Å². The normalized spacial score (nSPS) is 10.7. The van der Waals surface area contributed by atoms with Gasteiger partial charge in [-0.2, -0.15) is 0 Å². The van der Waals surface area contributed by atoms with Crippen LogP contribution in [0.2, 0.25) is 5.02 Å². The molecule has 0 aliphatic rings.